The van der Waals surface area contributed by atoms with Gasteiger partial charge < -0.3 is 5.11 Å². The average molecular weight is 182 g/mol. The predicted octanol–water partition coefficient (Wildman–Crippen LogP) is 2.81. The zero-order valence-corrected chi connectivity index (χ0v) is 7.33. The first-order valence-corrected chi connectivity index (χ1v) is 4.12. The number of carboxylic acid groups (broad SMARTS) is 1. The summed E-state index contributed by atoms with van der Waals surface area (Å²) < 4.78 is 13.0. The summed E-state index contributed by atoms with van der Waals surface area (Å²) in [5.41, 5.74) is 0.722. The van der Waals surface area contributed by atoms with E-state index in [2.05, 4.69) is 0 Å². The summed E-state index contributed by atoms with van der Waals surface area (Å²) >= 11 is 0. The highest BCUT2D eigenvalue weighted by molar-refractivity contribution is 5.87. The molecule has 70 valence electrons. The molecule has 1 aromatic rings. The van der Waals surface area contributed by atoms with E-state index in [1.807, 2.05) is 0 Å². The zero-order chi connectivity index (χ0) is 9.84. The van der Waals surface area contributed by atoms with Crippen molar-refractivity contribution in [3.8, 4) is 0 Å². The summed E-state index contributed by atoms with van der Waals surface area (Å²) in [6.45, 7) is 1.75. The summed E-state index contributed by atoms with van der Waals surface area (Å²) in [6.07, 6.45) is -0.588. The van der Waals surface area contributed by atoms with Crippen molar-refractivity contribution in [2.24, 2.45) is 0 Å². The van der Waals surface area contributed by atoms with Gasteiger partial charge in [-0.3, -0.25) is 0 Å². The second kappa shape index (κ2) is 4.03. The summed E-state index contributed by atoms with van der Waals surface area (Å²) in [7, 11) is 0. The van der Waals surface area contributed by atoms with Crippen LogP contribution in [0.3, 0.4) is 0 Å². The fourth-order valence-electron chi connectivity index (χ4n) is 1.07. The molecule has 0 saturated carbocycles. The van der Waals surface area contributed by atoms with Crippen LogP contribution in [0.2, 0.25) is 0 Å². The van der Waals surface area contributed by atoms with E-state index in [0.717, 1.165) is 0 Å². The van der Waals surface area contributed by atoms with E-state index < -0.39 is 12.1 Å². The van der Waals surface area contributed by atoms with Crippen LogP contribution in [0.15, 0.2) is 24.3 Å². The van der Waals surface area contributed by atoms with E-state index in [1.54, 1.807) is 6.92 Å². The minimum atomic E-state index is -0.997. The van der Waals surface area contributed by atoms with Crippen LogP contribution in [0.5, 0.6) is 0 Å². The van der Waals surface area contributed by atoms with E-state index in [9.17, 15) is 9.18 Å². The molecule has 1 unspecified atom stereocenters. The number of hydrogen-bond acceptors (Lipinski definition) is 1. The normalized spacial score (nSPS) is 12.5. The van der Waals surface area contributed by atoms with Gasteiger partial charge in [0, 0.05) is 0 Å². The third-order valence-corrected chi connectivity index (χ3v) is 1.88. The topological polar surface area (TPSA) is 37.3 Å². The van der Waals surface area contributed by atoms with Gasteiger partial charge in [-0.2, -0.15) is 0 Å². The third-order valence-electron chi connectivity index (χ3n) is 1.88. The lowest BCUT2D eigenvalue weighted by molar-refractivity contribution is 0.0697. The van der Waals surface area contributed by atoms with Gasteiger partial charge in [-0.25, -0.2) is 9.18 Å². The van der Waals surface area contributed by atoms with Crippen molar-refractivity contribution in [3.05, 3.63) is 35.4 Å². The van der Waals surface area contributed by atoms with Gasteiger partial charge in [0.05, 0.1) is 5.56 Å². The van der Waals surface area contributed by atoms with Crippen molar-refractivity contribution in [2.75, 3.05) is 0 Å². The van der Waals surface area contributed by atoms with E-state index in [-0.39, 0.29) is 5.56 Å². The molecule has 0 aliphatic carbocycles. The first-order valence-electron chi connectivity index (χ1n) is 4.12. The van der Waals surface area contributed by atoms with Crippen LogP contribution >= 0.6 is 0 Å². The predicted molar refractivity (Wildman–Crippen MR) is 47.5 cm³/mol. The third kappa shape index (κ3) is 2.28. The molecule has 2 nitrogen and oxygen atoms in total. The van der Waals surface area contributed by atoms with Gasteiger partial charge in [-0.1, -0.05) is 19.1 Å². The van der Waals surface area contributed by atoms with Crippen molar-refractivity contribution in [3.63, 3.8) is 0 Å². The van der Waals surface area contributed by atoms with Crippen LogP contribution < -0.4 is 0 Å². The van der Waals surface area contributed by atoms with E-state index in [1.165, 1.54) is 24.3 Å². The number of aromatic carboxylic acids is 1. The first kappa shape index (κ1) is 9.71. The molecule has 0 saturated heterocycles. The highest BCUT2D eigenvalue weighted by Crippen LogP contribution is 2.20. The molecule has 0 bridgehead atoms. The lowest BCUT2D eigenvalue weighted by atomic mass is 10.1. The molecule has 0 aliphatic rings. The summed E-state index contributed by atoms with van der Waals surface area (Å²) in [6, 6.07) is 5.86. The smallest absolute Gasteiger partial charge is 0.335 e. The Labute approximate surface area is 76.0 Å². The molecule has 1 atom stereocenters. The molecule has 0 amide bonds. The van der Waals surface area contributed by atoms with E-state index in [4.69, 9.17) is 5.11 Å². The van der Waals surface area contributed by atoms with Crippen LogP contribution in [0.25, 0.3) is 0 Å². The lowest BCUT2D eigenvalue weighted by Gasteiger charge is -2.04. The standard InChI is InChI=1S/C10H11FO2/c1-2-9(11)7-3-5-8(6-4-7)10(12)13/h3-6,9H,2H2,1H3,(H,12,13). The Morgan fingerprint density at radius 1 is 1.46 bits per heavy atom. The average Bonchev–Trinajstić information content (AvgIpc) is 2.17. The highest BCUT2D eigenvalue weighted by Gasteiger charge is 2.07. The number of benzene rings is 1. The quantitative estimate of drug-likeness (QED) is 0.780. The molecule has 1 rings (SSSR count). The molecular formula is C10H11FO2. The van der Waals surface area contributed by atoms with E-state index >= 15 is 0 Å². The van der Waals surface area contributed by atoms with Gasteiger partial charge in [0.1, 0.15) is 6.17 Å². The maximum atomic E-state index is 13.0. The second-order valence-corrected chi connectivity index (χ2v) is 2.80. The highest BCUT2D eigenvalue weighted by atomic mass is 19.1. The molecule has 13 heavy (non-hydrogen) atoms. The number of carboxylic acids is 1. The van der Waals surface area contributed by atoms with Crippen LogP contribution in [0.1, 0.15) is 35.4 Å². The van der Waals surface area contributed by atoms with Crippen molar-refractivity contribution in [2.45, 2.75) is 19.5 Å². The van der Waals surface area contributed by atoms with Crippen LogP contribution in [-0.2, 0) is 0 Å². The Morgan fingerprint density at radius 3 is 2.38 bits per heavy atom. The largest absolute Gasteiger partial charge is 0.478 e. The Morgan fingerprint density at radius 2 is 2.00 bits per heavy atom. The molecule has 1 N–H and O–H groups in total. The lowest BCUT2D eigenvalue weighted by Crippen LogP contribution is -1.97. The fourth-order valence-corrected chi connectivity index (χ4v) is 1.07. The molecule has 0 heterocycles. The molecule has 0 aromatic heterocycles. The number of alkyl halides is 1. The molecule has 0 radical (unpaired) electrons. The molecule has 1 aromatic carbocycles. The maximum Gasteiger partial charge on any atom is 0.335 e. The van der Waals surface area contributed by atoms with Gasteiger partial charge in [0.2, 0.25) is 0 Å². The Hall–Kier alpha value is -1.38. The van der Waals surface area contributed by atoms with Crippen LogP contribution in [0, 0.1) is 0 Å². The van der Waals surface area contributed by atoms with Gasteiger partial charge in [0.15, 0.2) is 0 Å². The summed E-state index contributed by atoms with van der Waals surface area (Å²) in [5.74, 6) is -0.988. The van der Waals surface area contributed by atoms with E-state index in [0.29, 0.717) is 12.0 Å². The van der Waals surface area contributed by atoms with Crippen molar-refractivity contribution in [1.29, 1.82) is 0 Å². The molecular weight excluding hydrogens is 171 g/mol. The zero-order valence-electron chi connectivity index (χ0n) is 7.33. The second-order valence-electron chi connectivity index (χ2n) is 2.80. The number of rotatable bonds is 3. The first-order chi connectivity index (χ1) is 6.15. The molecule has 0 aliphatic heterocycles. The number of hydrogen-bond donors (Lipinski definition) is 1. The Bertz CT molecular complexity index is 292. The van der Waals surface area contributed by atoms with Crippen LogP contribution in [-0.4, -0.2) is 11.1 Å². The van der Waals surface area contributed by atoms with Gasteiger partial charge in [0.25, 0.3) is 0 Å². The Balaban J connectivity index is 2.87. The monoisotopic (exact) mass is 182 g/mol. The maximum absolute atomic E-state index is 13.0. The van der Waals surface area contributed by atoms with Gasteiger partial charge in [-0.15, -0.1) is 0 Å². The van der Waals surface area contributed by atoms with Crippen molar-refractivity contribution >= 4 is 5.97 Å². The Kier molecular flexibility index (Phi) is 3.01. The minimum absolute atomic E-state index is 0.187. The summed E-state index contributed by atoms with van der Waals surface area (Å²) in [4.78, 5) is 10.5. The number of carbonyl (C=O) groups is 1. The fraction of sp³-hybridized carbons (Fsp3) is 0.300. The summed E-state index contributed by atoms with van der Waals surface area (Å²) in [5, 5.41) is 8.58. The number of halogens is 1. The minimum Gasteiger partial charge on any atom is -0.478 e. The molecule has 0 fully saturated rings. The SMILES string of the molecule is CCC(F)c1ccc(C(=O)O)cc1. The molecule has 0 spiro atoms. The van der Waals surface area contributed by atoms with Gasteiger partial charge in [-0.05, 0) is 24.1 Å². The van der Waals surface area contributed by atoms with Gasteiger partial charge >= 0.3 is 5.97 Å². The van der Waals surface area contributed by atoms with Crippen molar-refractivity contribution < 1.29 is 14.3 Å². The molecule has 3 heteroatoms. The van der Waals surface area contributed by atoms with Crippen molar-refractivity contribution in [1.82, 2.24) is 0 Å². The van der Waals surface area contributed by atoms with Crippen LogP contribution in [0.4, 0.5) is 4.39 Å².